The zero-order chi connectivity index (χ0) is 13.0. The third-order valence-electron chi connectivity index (χ3n) is 3.07. The van der Waals surface area contributed by atoms with Crippen molar-refractivity contribution in [3.8, 4) is 0 Å². The molecule has 1 rings (SSSR count). The second-order valence-electron chi connectivity index (χ2n) is 4.98. The highest BCUT2D eigenvalue weighted by Crippen LogP contribution is 2.13. The molecule has 1 atom stereocenters. The third kappa shape index (κ3) is 4.00. The lowest BCUT2D eigenvalue weighted by molar-refractivity contribution is -0.139. The number of hydrogen-bond donors (Lipinski definition) is 2. The second-order valence-corrected chi connectivity index (χ2v) is 4.98. The van der Waals surface area contributed by atoms with Crippen LogP contribution in [-0.4, -0.2) is 47.1 Å². The van der Waals surface area contributed by atoms with Gasteiger partial charge in [0.15, 0.2) is 0 Å². The van der Waals surface area contributed by atoms with Gasteiger partial charge in [-0.15, -0.1) is 0 Å². The summed E-state index contributed by atoms with van der Waals surface area (Å²) in [6.45, 7) is 6.39. The van der Waals surface area contributed by atoms with Gasteiger partial charge in [0.25, 0.3) is 0 Å². The molecule has 2 N–H and O–H groups in total. The van der Waals surface area contributed by atoms with Gasteiger partial charge in [0.1, 0.15) is 6.04 Å². The van der Waals surface area contributed by atoms with Crippen LogP contribution in [0.25, 0.3) is 0 Å². The number of likely N-dealkylation sites (tertiary alicyclic amines) is 1. The number of aliphatic hydroxyl groups excluding tert-OH is 1. The van der Waals surface area contributed by atoms with Crippen LogP contribution in [-0.2, 0) is 9.59 Å². The number of amides is 2. The highest BCUT2D eigenvalue weighted by molar-refractivity contribution is 5.87. The van der Waals surface area contributed by atoms with E-state index in [0.29, 0.717) is 25.9 Å². The van der Waals surface area contributed by atoms with Crippen LogP contribution in [0, 0.1) is 5.92 Å². The topological polar surface area (TPSA) is 69.6 Å². The minimum absolute atomic E-state index is 0.0397. The van der Waals surface area contributed by atoms with E-state index in [1.54, 1.807) is 4.90 Å². The summed E-state index contributed by atoms with van der Waals surface area (Å²) in [6, 6.07) is -0.456. The highest BCUT2D eigenvalue weighted by Gasteiger charge is 2.29. The Labute approximate surface area is 102 Å². The molecule has 0 aromatic carbocycles. The molecule has 17 heavy (non-hydrogen) atoms. The number of nitrogens with zero attached hydrogens (tertiary/aromatic N) is 1. The van der Waals surface area contributed by atoms with Crippen molar-refractivity contribution in [3.05, 3.63) is 0 Å². The Bertz CT molecular complexity index is 283. The number of rotatable bonds is 3. The van der Waals surface area contributed by atoms with Crippen molar-refractivity contribution in [3.63, 3.8) is 0 Å². The predicted molar refractivity (Wildman–Crippen MR) is 64.3 cm³/mol. The van der Waals surface area contributed by atoms with Crippen LogP contribution < -0.4 is 5.32 Å². The van der Waals surface area contributed by atoms with Gasteiger partial charge in [-0.05, 0) is 18.8 Å². The molecule has 0 aromatic rings. The first-order valence-electron chi connectivity index (χ1n) is 6.15. The zero-order valence-electron chi connectivity index (χ0n) is 10.8. The summed E-state index contributed by atoms with van der Waals surface area (Å²) in [5.41, 5.74) is 0. The van der Waals surface area contributed by atoms with Crippen LogP contribution in [0.4, 0.5) is 0 Å². The largest absolute Gasteiger partial charge is 0.393 e. The molecule has 1 saturated heterocycles. The van der Waals surface area contributed by atoms with E-state index in [0.717, 1.165) is 0 Å². The average molecular weight is 242 g/mol. The van der Waals surface area contributed by atoms with Gasteiger partial charge in [0.2, 0.25) is 11.8 Å². The molecule has 5 nitrogen and oxygen atoms in total. The van der Waals surface area contributed by atoms with Crippen molar-refractivity contribution in [2.75, 3.05) is 13.1 Å². The van der Waals surface area contributed by atoms with E-state index in [9.17, 15) is 14.7 Å². The number of nitrogens with one attached hydrogen (secondary N) is 1. The van der Waals surface area contributed by atoms with E-state index in [1.165, 1.54) is 6.92 Å². The maximum absolute atomic E-state index is 12.2. The fourth-order valence-electron chi connectivity index (χ4n) is 2.02. The van der Waals surface area contributed by atoms with Crippen molar-refractivity contribution in [1.82, 2.24) is 10.2 Å². The van der Waals surface area contributed by atoms with E-state index in [-0.39, 0.29) is 23.8 Å². The fourth-order valence-corrected chi connectivity index (χ4v) is 2.02. The smallest absolute Gasteiger partial charge is 0.245 e. The minimum Gasteiger partial charge on any atom is -0.393 e. The van der Waals surface area contributed by atoms with Crippen LogP contribution in [0.3, 0.4) is 0 Å². The van der Waals surface area contributed by atoms with E-state index < -0.39 is 6.04 Å². The van der Waals surface area contributed by atoms with Gasteiger partial charge in [0, 0.05) is 20.0 Å². The Morgan fingerprint density at radius 2 is 1.82 bits per heavy atom. The number of carbonyl (C=O) groups is 2. The highest BCUT2D eigenvalue weighted by atomic mass is 16.3. The van der Waals surface area contributed by atoms with Crippen LogP contribution in [0.1, 0.15) is 33.6 Å². The maximum Gasteiger partial charge on any atom is 0.245 e. The zero-order valence-corrected chi connectivity index (χ0v) is 10.8. The Kier molecular flexibility index (Phi) is 4.93. The Morgan fingerprint density at radius 3 is 2.24 bits per heavy atom. The van der Waals surface area contributed by atoms with Crippen LogP contribution in [0.2, 0.25) is 0 Å². The molecular formula is C12H22N2O3. The lowest BCUT2D eigenvalue weighted by Crippen LogP contribution is -2.53. The summed E-state index contributed by atoms with van der Waals surface area (Å²) in [6.07, 6.45) is 0.949. The first kappa shape index (κ1) is 14.0. The molecule has 1 fully saturated rings. The number of carbonyl (C=O) groups excluding carboxylic acids is 2. The standard InChI is InChI=1S/C12H22N2O3/c1-8(2)11(13-9(3)15)12(17)14-6-4-10(16)5-7-14/h8,10-11,16H,4-7H2,1-3H3,(H,13,15). The van der Waals surface area contributed by atoms with Gasteiger partial charge in [-0.25, -0.2) is 0 Å². The lowest BCUT2D eigenvalue weighted by Gasteiger charge is -2.33. The minimum atomic E-state index is -0.456. The molecule has 0 aliphatic carbocycles. The van der Waals surface area contributed by atoms with Gasteiger partial charge in [0.05, 0.1) is 6.10 Å². The Hall–Kier alpha value is -1.10. The summed E-state index contributed by atoms with van der Waals surface area (Å²) in [5.74, 6) is -0.158. The normalized spacial score (nSPS) is 19.2. The van der Waals surface area contributed by atoms with Crippen molar-refractivity contribution >= 4 is 11.8 Å². The van der Waals surface area contributed by atoms with E-state index in [1.807, 2.05) is 13.8 Å². The summed E-state index contributed by atoms with van der Waals surface area (Å²) < 4.78 is 0. The van der Waals surface area contributed by atoms with Crippen LogP contribution in [0.5, 0.6) is 0 Å². The van der Waals surface area contributed by atoms with Gasteiger partial charge in [-0.2, -0.15) is 0 Å². The molecule has 1 unspecified atom stereocenters. The summed E-state index contributed by atoms with van der Waals surface area (Å²) in [4.78, 5) is 25.0. The predicted octanol–water partition coefficient (Wildman–Crippen LogP) is 0.130. The Morgan fingerprint density at radius 1 is 1.29 bits per heavy atom. The number of hydrogen-bond acceptors (Lipinski definition) is 3. The molecule has 0 spiro atoms. The van der Waals surface area contributed by atoms with Crippen molar-refractivity contribution in [1.29, 1.82) is 0 Å². The Balaban J connectivity index is 2.61. The fraction of sp³-hybridized carbons (Fsp3) is 0.833. The molecule has 98 valence electrons. The quantitative estimate of drug-likeness (QED) is 0.739. The SMILES string of the molecule is CC(=O)NC(C(=O)N1CCC(O)CC1)C(C)C. The van der Waals surface area contributed by atoms with Crippen molar-refractivity contribution in [2.24, 2.45) is 5.92 Å². The van der Waals surface area contributed by atoms with Crippen molar-refractivity contribution < 1.29 is 14.7 Å². The molecule has 2 amide bonds. The monoisotopic (exact) mass is 242 g/mol. The summed E-state index contributed by atoms with van der Waals surface area (Å²) >= 11 is 0. The molecule has 1 heterocycles. The molecule has 1 aliphatic rings. The van der Waals surface area contributed by atoms with Gasteiger partial charge >= 0.3 is 0 Å². The number of piperidine rings is 1. The van der Waals surface area contributed by atoms with Gasteiger partial charge in [-0.1, -0.05) is 13.8 Å². The van der Waals surface area contributed by atoms with Gasteiger partial charge in [-0.3, -0.25) is 9.59 Å². The molecule has 1 aliphatic heterocycles. The van der Waals surface area contributed by atoms with Crippen LogP contribution in [0.15, 0.2) is 0 Å². The van der Waals surface area contributed by atoms with E-state index >= 15 is 0 Å². The summed E-state index contributed by atoms with van der Waals surface area (Å²) in [5, 5.41) is 12.1. The lowest BCUT2D eigenvalue weighted by atomic mass is 10.0. The third-order valence-corrected chi connectivity index (χ3v) is 3.07. The summed E-state index contributed by atoms with van der Waals surface area (Å²) in [7, 11) is 0. The second kappa shape index (κ2) is 6.00. The number of aliphatic hydroxyl groups is 1. The first-order chi connectivity index (χ1) is 7.91. The molecule has 0 bridgehead atoms. The molecular weight excluding hydrogens is 220 g/mol. The molecule has 0 saturated carbocycles. The first-order valence-corrected chi connectivity index (χ1v) is 6.15. The van der Waals surface area contributed by atoms with E-state index in [2.05, 4.69) is 5.32 Å². The van der Waals surface area contributed by atoms with E-state index in [4.69, 9.17) is 0 Å². The maximum atomic E-state index is 12.2. The van der Waals surface area contributed by atoms with Crippen molar-refractivity contribution in [2.45, 2.75) is 45.8 Å². The molecule has 5 heteroatoms. The van der Waals surface area contributed by atoms with Gasteiger partial charge < -0.3 is 15.3 Å². The molecule has 0 radical (unpaired) electrons. The average Bonchev–Trinajstić information content (AvgIpc) is 2.25. The van der Waals surface area contributed by atoms with Crippen LogP contribution >= 0.6 is 0 Å². The molecule has 0 aromatic heterocycles.